The van der Waals surface area contributed by atoms with Crippen molar-refractivity contribution in [2.75, 3.05) is 10.6 Å². The molecule has 0 aromatic heterocycles. The van der Waals surface area contributed by atoms with Crippen LogP contribution in [0.25, 0.3) is 0 Å². The number of hydrogen-bond donors (Lipinski definition) is 4. The lowest BCUT2D eigenvalue weighted by atomic mass is 10.2. The predicted octanol–water partition coefficient (Wildman–Crippen LogP) is 0.976. The van der Waals surface area contributed by atoms with Crippen LogP contribution in [0, 0.1) is 6.92 Å². The Morgan fingerprint density at radius 1 is 1.13 bits per heavy atom. The number of nitrogens with one attached hydrogen (secondary N) is 2. The molecule has 0 unspecified atom stereocenters. The van der Waals surface area contributed by atoms with Crippen molar-refractivity contribution in [3.63, 3.8) is 0 Å². The van der Waals surface area contributed by atoms with E-state index in [2.05, 4.69) is 10.6 Å². The molecule has 0 fully saturated rings. The zero-order valence-corrected chi connectivity index (χ0v) is 8.20. The maximum absolute atomic E-state index is 10.6. The van der Waals surface area contributed by atoms with E-state index in [9.17, 15) is 9.59 Å². The second kappa shape index (κ2) is 4.32. The minimum atomic E-state index is -0.634. The minimum absolute atomic E-state index is 0.565. The van der Waals surface area contributed by atoms with Crippen LogP contribution in [0.3, 0.4) is 0 Å². The summed E-state index contributed by atoms with van der Waals surface area (Å²) in [7, 11) is 0. The molecule has 1 aromatic rings. The first-order valence-corrected chi connectivity index (χ1v) is 4.22. The summed E-state index contributed by atoms with van der Waals surface area (Å²) in [6.07, 6.45) is 0. The number of hydrogen-bond acceptors (Lipinski definition) is 2. The normalized spacial score (nSPS) is 9.40. The molecule has 6 N–H and O–H groups in total. The highest BCUT2D eigenvalue weighted by atomic mass is 16.2. The summed E-state index contributed by atoms with van der Waals surface area (Å²) in [6, 6.07) is 3.66. The summed E-state index contributed by atoms with van der Waals surface area (Å²) in [5, 5.41) is 4.87. The Kier molecular flexibility index (Phi) is 3.12. The quantitative estimate of drug-likeness (QED) is 0.580. The van der Waals surface area contributed by atoms with Gasteiger partial charge in [0.15, 0.2) is 0 Å². The molecule has 0 atom stereocenters. The van der Waals surface area contributed by atoms with Crippen molar-refractivity contribution in [2.45, 2.75) is 6.92 Å². The van der Waals surface area contributed by atoms with E-state index >= 15 is 0 Å². The molecular formula is C9H12N4O2. The van der Waals surface area contributed by atoms with E-state index in [1.807, 2.05) is 0 Å². The van der Waals surface area contributed by atoms with Crippen molar-refractivity contribution in [1.29, 1.82) is 0 Å². The molecule has 0 aliphatic carbocycles. The van der Waals surface area contributed by atoms with Gasteiger partial charge in [0.2, 0.25) is 0 Å². The summed E-state index contributed by atoms with van der Waals surface area (Å²) < 4.78 is 0. The molecule has 0 saturated heterocycles. The van der Waals surface area contributed by atoms with Gasteiger partial charge < -0.3 is 22.1 Å². The van der Waals surface area contributed by atoms with Crippen LogP contribution in [-0.4, -0.2) is 12.1 Å². The van der Waals surface area contributed by atoms with Crippen LogP contribution < -0.4 is 22.1 Å². The second-order valence-electron chi connectivity index (χ2n) is 3.01. The number of carbonyl (C=O) groups is 2. The maximum Gasteiger partial charge on any atom is 0.316 e. The Hall–Kier alpha value is -2.24. The first-order valence-electron chi connectivity index (χ1n) is 4.22. The van der Waals surface area contributed by atoms with Gasteiger partial charge in [0, 0.05) is 11.4 Å². The van der Waals surface area contributed by atoms with Crippen molar-refractivity contribution >= 4 is 23.4 Å². The van der Waals surface area contributed by atoms with E-state index in [0.717, 1.165) is 5.56 Å². The number of urea groups is 2. The van der Waals surface area contributed by atoms with E-state index in [1.165, 1.54) is 0 Å². The third-order valence-electron chi connectivity index (χ3n) is 1.75. The summed E-state index contributed by atoms with van der Waals surface area (Å²) in [4.78, 5) is 21.2. The summed E-state index contributed by atoms with van der Waals surface area (Å²) in [5.74, 6) is 0. The van der Waals surface area contributed by atoms with Gasteiger partial charge in [0.05, 0.1) is 0 Å². The molecule has 15 heavy (non-hydrogen) atoms. The van der Waals surface area contributed by atoms with Crippen LogP contribution in [0.15, 0.2) is 18.2 Å². The van der Waals surface area contributed by atoms with Crippen molar-refractivity contribution in [1.82, 2.24) is 0 Å². The Balaban J connectivity index is 2.87. The Morgan fingerprint density at radius 3 is 2.20 bits per heavy atom. The fourth-order valence-corrected chi connectivity index (χ4v) is 1.16. The molecule has 0 aliphatic rings. The number of anilines is 2. The van der Waals surface area contributed by atoms with Crippen LogP contribution in [0.5, 0.6) is 0 Å². The highest BCUT2D eigenvalue weighted by Crippen LogP contribution is 2.19. The van der Waals surface area contributed by atoms with Crippen LogP contribution in [-0.2, 0) is 0 Å². The van der Waals surface area contributed by atoms with Gasteiger partial charge in [-0.25, -0.2) is 9.59 Å². The summed E-state index contributed by atoms with van der Waals surface area (Å²) in [6.45, 7) is 1.78. The molecule has 0 spiro atoms. The first kappa shape index (κ1) is 10.8. The number of primary amides is 2. The number of benzene rings is 1. The van der Waals surface area contributed by atoms with E-state index in [-0.39, 0.29) is 0 Å². The molecular weight excluding hydrogens is 196 g/mol. The van der Waals surface area contributed by atoms with Crippen molar-refractivity contribution in [3.8, 4) is 0 Å². The molecule has 0 aliphatic heterocycles. The molecule has 1 rings (SSSR count). The average Bonchev–Trinajstić information content (AvgIpc) is 2.08. The number of rotatable bonds is 2. The number of nitrogens with two attached hydrogens (primary N) is 2. The molecule has 0 saturated carbocycles. The lowest BCUT2D eigenvalue weighted by molar-refractivity contribution is 0.258. The Bertz CT molecular complexity index is 403. The molecule has 4 amide bonds. The van der Waals surface area contributed by atoms with Gasteiger partial charge in [0.25, 0.3) is 0 Å². The average molecular weight is 208 g/mol. The van der Waals surface area contributed by atoms with E-state index in [0.29, 0.717) is 11.4 Å². The maximum atomic E-state index is 10.6. The molecule has 1 aromatic carbocycles. The standard InChI is InChI=1S/C9H12N4O2/c1-5-4-6(12-8(10)14)2-3-7(5)13-9(11)15/h2-4H,1H3,(H3,10,12,14)(H3,11,13,15). The largest absolute Gasteiger partial charge is 0.351 e. The predicted molar refractivity (Wildman–Crippen MR) is 57.6 cm³/mol. The first-order chi connectivity index (χ1) is 6.99. The Labute approximate surface area is 86.6 Å². The monoisotopic (exact) mass is 208 g/mol. The van der Waals surface area contributed by atoms with Crippen molar-refractivity contribution in [3.05, 3.63) is 23.8 Å². The fraction of sp³-hybridized carbons (Fsp3) is 0.111. The number of amides is 4. The summed E-state index contributed by atoms with van der Waals surface area (Å²) in [5.41, 5.74) is 11.9. The Morgan fingerprint density at radius 2 is 1.73 bits per heavy atom. The van der Waals surface area contributed by atoms with Crippen LogP contribution >= 0.6 is 0 Å². The molecule has 0 bridgehead atoms. The van der Waals surface area contributed by atoms with E-state index in [4.69, 9.17) is 11.5 Å². The van der Waals surface area contributed by atoms with Gasteiger partial charge in [-0.05, 0) is 30.7 Å². The smallest absolute Gasteiger partial charge is 0.316 e. The van der Waals surface area contributed by atoms with Gasteiger partial charge in [-0.15, -0.1) is 0 Å². The SMILES string of the molecule is Cc1cc(NC(N)=O)ccc1NC(N)=O. The third-order valence-corrected chi connectivity index (χ3v) is 1.75. The second-order valence-corrected chi connectivity index (χ2v) is 3.01. The topological polar surface area (TPSA) is 110 Å². The van der Waals surface area contributed by atoms with Crippen LogP contribution in [0.4, 0.5) is 21.0 Å². The van der Waals surface area contributed by atoms with Gasteiger partial charge in [-0.2, -0.15) is 0 Å². The minimum Gasteiger partial charge on any atom is -0.351 e. The zero-order valence-electron chi connectivity index (χ0n) is 8.20. The molecule has 6 heteroatoms. The number of aryl methyl sites for hydroxylation is 1. The van der Waals surface area contributed by atoms with Gasteiger partial charge in [-0.3, -0.25) is 0 Å². The van der Waals surface area contributed by atoms with Crippen molar-refractivity contribution < 1.29 is 9.59 Å². The van der Waals surface area contributed by atoms with Crippen LogP contribution in [0.1, 0.15) is 5.56 Å². The lowest BCUT2D eigenvalue weighted by Gasteiger charge is -2.08. The fourth-order valence-electron chi connectivity index (χ4n) is 1.16. The molecule has 6 nitrogen and oxygen atoms in total. The molecule has 0 radical (unpaired) electrons. The third kappa shape index (κ3) is 3.18. The van der Waals surface area contributed by atoms with E-state index < -0.39 is 12.1 Å². The zero-order chi connectivity index (χ0) is 11.4. The highest BCUT2D eigenvalue weighted by molar-refractivity contribution is 5.91. The van der Waals surface area contributed by atoms with Crippen LogP contribution in [0.2, 0.25) is 0 Å². The highest BCUT2D eigenvalue weighted by Gasteiger charge is 2.02. The number of carbonyl (C=O) groups excluding carboxylic acids is 2. The van der Waals surface area contributed by atoms with E-state index in [1.54, 1.807) is 25.1 Å². The lowest BCUT2D eigenvalue weighted by Crippen LogP contribution is -2.21. The van der Waals surface area contributed by atoms with Gasteiger partial charge >= 0.3 is 12.1 Å². The molecule has 80 valence electrons. The summed E-state index contributed by atoms with van der Waals surface area (Å²) >= 11 is 0. The van der Waals surface area contributed by atoms with Gasteiger partial charge in [-0.1, -0.05) is 0 Å². The van der Waals surface area contributed by atoms with Gasteiger partial charge in [0.1, 0.15) is 0 Å². The van der Waals surface area contributed by atoms with Crippen molar-refractivity contribution in [2.24, 2.45) is 11.5 Å². The molecule has 0 heterocycles.